The van der Waals surface area contributed by atoms with Gasteiger partial charge in [0, 0.05) is 18.1 Å². The zero-order valence-electron chi connectivity index (χ0n) is 9.44. The molecule has 0 aliphatic heterocycles. The molecule has 0 amide bonds. The van der Waals surface area contributed by atoms with Gasteiger partial charge in [-0.15, -0.1) is 0 Å². The van der Waals surface area contributed by atoms with Crippen molar-refractivity contribution in [3.63, 3.8) is 0 Å². The first-order valence-corrected chi connectivity index (χ1v) is 5.78. The van der Waals surface area contributed by atoms with Gasteiger partial charge in [-0.3, -0.25) is 0 Å². The summed E-state index contributed by atoms with van der Waals surface area (Å²) in [5.41, 5.74) is 5.74. The van der Waals surface area contributed by atoms with E-state index >= 15 is 0 Å². The van der Waals surface area contributed by atoms with Gasteiger partial charge in [-0.05, 0) is 23.9 Å². The van der Waals surface area contributed by atoms with Gasteiger partial charge in [0.1, 0.15) is 5.82 Å². The maximum Gasteiger partial charge on any atom is 0.339 e. The number of ether oxygens (including phenoxy) is 1. The van der Waals surface area contributed by atoms with Gasteiger partial charge < -0.3 is 15.5 Å². The fourth-order valence-corrected chi connectivity index (χ4v) is 2.13. The molecule has 0 spiro atoms. The minimum atomic E-state index is -0.603. The molecule has 0 aliphatic carbocycles. The summed E-state index contributed by atoms with van der Waals surface area (Å²) in [6.45, 7) is 0. The van der Waals surface area contributed by atoms with Crippen LogP contribution in [-0.4, -0.2) is 23.0 Å². The number of methoxy groups -OCH3 is 1. The lowest BCUT2D eigenvalue weighted by molar-refractivity contribution is 0.0601. The molecular formula is C11H10FN3O2S. The highest BCUT2D eigenvalue weighted by Gasteiger charge is 2.15. The molecule has 0 saturated carbocycles. The Morgan fingerprint density at radius 3 is 2.94 bits per heavy atom. The average molecular weight is 267 g/mol. The SMILES string of the molecule is COC(=O)c1cc(Sc2ncc[nH]2)c(F)cc1N. The van der Waals surface area contributed by atoms with Gasteiger partial charge in [-0.25, -0.2) is 14.2 Å². The zero-order valence-corrected chi connectivity index (χ0v) is 10.3. The third-order valence-corrected chi connectivity index (χ3v) is 3.14. The van der Waals surface area contributed by atoms with Crippen molar-refractivity contribution in [1.82, 2.24) is 9.97 Å². The summed E-state index contributed by atoms with van der Waals surface area (Å²) in [4.78, 5) is 18.5. The van der Waals surface area contributed by atoms with Crippen molar-refractivity contribution in [2.75, 3.05) is 12.8 Å². The molecule has 0 atom stereocenters. The van der Waals surface area contributed by atoms with E-state index in [0.29, 0.717) is 5.16 Å². The number of benzene rings is 1. The van der Waals surface area contributed by atoms with Gasteiger partial charge >= 0.3 is 5.97 Å². The molecule has 2 aromatic rings. The number of nitrogen functional groups attached to an aromatic ring is 1. The molecular weight excluding hydrogens is 257 g/mol. The molecule has 2 rings (SSSR count). The first-order valence-electron chi connectivity index (χ1n) is 4.96. The lowest BCUT2D eigenvalue weighted by atomic mass is 10.2. The number of carbonyl (C=O) groups is 1. The number of halogens is 1. The summed E-state index contributed by atoms with van der Waals surface area (Å²) in [6.07, 6.45) is 3.18. The second kappa shape index (κ2) is 5.09. The monoisotopic (exact) mass is 267 g/mol. The molecule has 0 bridgehead atoms. The minimum absolute atomic E-state index is 0.0446. The lowest BCUT2D eigenvalue weighted by Gasteiger charge is -2.07. The van der Waals surface area contributed by atoms with Gasteiger partial charge in [-0.2, -0.15) is 0 Å². The zero-order chi connectivity index (χ0) is 13.1. The second-order valence-electron chi connectivity index (χ2n) is 3.36. The number of aromatic nitrogens is 2. The quantitative estimate of drug-likeness (QED) is 0.657. The number of hydrogen-bond acceptors (Lipinski definition) is 5. The molecule has 0 radical (unpaired) electrons. The van der Waals surface area contributed by atoms with Crippen molar-refractivity contribution in [3.05, 3.63) is 35.9 Å². The van der Waals surface area contributed by atoms with Crippen LogP contribution < -0.4 is 5.73 Å². The smallest absolute Gasteiger partial charge is 0.339 e. The van der Waals surface area contributed by atoms with Crippen LogP contribution in [0, 0.1) is 5.82 Å². The van der Waals surface area contributed by atoms with E-state index in [1.807, 2.05) is 0 Å². The topological polar surface area (TPSA) is 81.0 Å². The molecule has 1 aromatic carbocycles. The predicted molar refractivity (Wildman–Crippen MR) is 64.9 cm³/mol. The Balaban J connectivity index is 2.38. The Labute approximate surface area is 107 Å². The maximum absolute atomic E-state index is 13.7. The van der Waals surface area contributed by atoms with Crippen molar-refractivity contribution in [3.8, 4) is 0 Å². The van der Waals surface area contributed by atoms with Gasteiger partial charge in [0.25, 0.3) is 0 Å². The van der Waals surface area contributed by atoms with Crippen LogP contribution in [-0.2, 0) is 4.74 Å². The van der Waals surface area contributed by atoms with Gasteiger partial charge in [0.15, 0.2) is 5.16 Å². The fraction of sp³-hybridized carbons (Fsp3) is 0.0909. The van der Waals surface area contributed by atoms with E-state index in [9.17, 15) is 9.18 Å². The van der Waals surface area contributed by atoms with Crippen molar-refractivity contribution < 1.29 is 13.9 Å². The molecule has 1 heterocycles. The third kappa shape index (κ3) is 2.45. The summed E-state index contributed by atoms with van der Waals surface area (Å²) in [7, 11) is 1.24. The lowest BCUT2D eigenvalue weighted by Crippen LogP contribution is -2.06. The predicted octanol–water partition coefficient (Wildman–Crippen LogP) is 2.07. The van der Waals surface area contributed by atoms with Crippen molar-refractivity contribution in [1.29, 1.82) is 0 Å². The molecule has 3 N–H and O–H groups in total. The normalized spacial score (nSPS) is 10.3. The van der Waals surface area contributed by atoms with Crippen molar-refractivity contribution in [2.45, 2.75) is 10.1 Å². The number of H-pyrrole nitrogens is 1. The molecule has 94 valence electrons. The number of imidazole rings is 1. The van der Waals surface area contributed by atoms with Gasteiger partial charge in [0.2, 0.25) is 0 Å². The van der Waals surface area contributed by atoms with E-state index in [1.165, 1.54) is 13.2 Å². The summed E-state index contributed by atoms with van der Waals surface area (Å²) in [5.74, 6) is -1.12. The van der Waals surface area contributed by atoms with Gasteiger partial charge in [-0.1, -0.05) is 0 Å². The summed E-state index contributed by atoms with van der Waals surface area (Å²) < 4.78 is 18.3. The van der Waals surface area contributed by atoms with Gasteiger partial charge in [0.05, 0.1) is 17.6 Å². The van der Waals surface area contributed by atoms with Crippen LogP contribution in [0.5, 0.6) is 0 Å². The number of hydrogen-bond donors (Lipinski definition) is 2. The molecule has 18 heavy (non-hydrogen) atoms. The highest BCUT2D eigenvalue weighted by molar-refractivity contribution is 7.99. The molecule has 7 heteroatoms. The molecule has 0 unspecified atom stereocenters. The van der Waals surface area contributed by atoms with E-state index in [0.717, 1.165) is 17.8 Å². The Hall–Kier alpha value is -2.02. The largest absolute Gasteiger partial charge is 0.465 e. The molecule has 0 saturated heterocycles. The summed E-state index contributed by atoms with van der Waals surface area (Å²) >= 11 is 1.07. The van der Waals surface area contributed by atoms with E-state index in [-0.39, 0.29) is 16.1 Å². The number of nitrogens with two attached hydrogens (primary N) is 1. The van der Waals surface area contributed by atoms with Crippen LogP contribution in [0.3, 0.4) is 0 Å². The van der Waals surface area contributed by atoms with E-state index in [4.69, 9.17) is 5.73 Å². The van der Waals surface area contributed by atoms with Crippen LogP contribution >= 0.6 is 11.8 Å². The summed E-state index contributed by atoms with van der Waals surface area (Å²) in [5, 5.41) is 0.523. The molecule has 0 aliphatic rings. The van der Waals surface area contributed by atoms with Crippen molar-refractivity contribution >= 4 is 23.4 Å². The Bertz CT molecular complexity index is 572. The van der Waals surface area contributed by atoms with E-state index in [2.05, 4.69) is 14.7 Å². The Kier molecular flexibility index (Phi) is 3.52. The second-order valence-corrected chi connectivity index (χ2v) is 4.39. The first kappa shape index (κ1) is 12.4. The standard InChI is InChI=1S/C11H10FN3O2S/c1-17-10(16)6-4-9(7(12)5-8(6)13)18-11-14-2-3-15-11/h2-5H,13H2,1H3,(H,14,15). The van der Waals surface area contributed by atoms with Crippen LogP contribution in [0.15, 0.2) is 34.6 Å². The number of esters is 1. The molecule has 1 aromatic heterocycles. The first-order chi connectivity index (χ1) is 8.61. The van der Waals surface area contributed by atoms with E-state index in [1.54, 1.807) is 12.4 Å². The van der Waals surface area contributed by atoms with Crippen LogP contribution in [0.1, 0.15) is 10.4 Å². The maximum atomic E-state index is 13.7. The number of aromatic amines is 1. The highest BCUT2D eigenvalue weighted by Crippen LogP contribution is 2.30. The highest BCUT2D eigenvalue weighted by atomic mass is 32.2. The van der Waals surface area contributed by atoms with Crippen molar-refractivity contribution in [2.24, 2.45) is 0 Å². The van der Waals surface area contributed by atoms with Crippen LogP contribution in [0.2, 0.25) is 0 Å². The van der Waals surface area contributed by atoms with Crippen LogP contribution in [0.25, 0.3) is 0 Å². The average Bonchev–Trinajstić information content (AvgIpc) is 2.84. The fourth-order valence-electron chi connectivity index (χ4n) is 1.34. The Morgan fingerprint density at radius 1 is 1.56 bits per heavy atom. The number of anilines is 1. The van der Waals surface area contributed by atoms with Crippen LogP contribution in [0.4, 0.5) is 10.1 Å². The number of nitrogens with zero attached hydrogens (tertiary/aromatic N) is 1. The number of carbonyl (C=O) groups excluding carboxylic acids is 1. The van der Waals surface area contributed by atoms with E-state index < -0.39 is 11.8 Å². The minimum Gasteiger partial charge on any atom is -0.465 e. The third-order valence-electron chi connectivity index (χ3n) is 2.19. The molecule has 0 fully saturated rings. The summed E-state index contributed by atoms with van der Waals surface area (Å²) in [6, 6.07) is 2.45. The number of rotatable bonds is 3. The molecule has 5 nitrogen and oxygen atoms in total. The number of nitrogens with one attached hydrogen (secondary N) is 1. The Morgan fingerprint density at radius 2 is 2.33 bits per heavy atom.